The maximum Gasteiger partial charge on any atom is 0.407 e. The Balaban J connectivity index is 2.29. The number of carbonyl (C=O) groups excluding carboxylic acids is 2. The number of aliphatic hydroxyl groups is 1. The van der Waals surface area contributed by atoms with Gasteiger partial charge in [-0.15, -0.1) is 0 Å². The molecule has 0 bridgehead atoms. The molecular weight excluding hydrogens is 492 g/mol. The van der Waals surface area contributed by atoms with Crippen LogP contribution in [0.15, 0.2) is 54.6 Å². The minimum atomic E-state index is -1.27. The van der Waals surface area contributed by atoms with Crippen molar-refractivity contribution in [3.05, 3.63) is 65.7 Å². The van der Waals surface area contributed by atoms with Crippen LogP contribution in [0.25, 0.3) is 0 Å². The smallest absolute Gasteiger partial charge is 0.407 e. The number of hydrogen-bond donors (Lipinski definition) is 5. The van der Waals surface area contributed by atoms with Gasteiger partial charge in [0.2, 0.25) is 0 Å². The molecule has 0 heterocycles. The summed E-state index contributed by atoms with van der Waals surface area (Å²) in [7, 11) is 2.77. The number of benzene rings is 2. The van der Waals surface area contributed by atoms with Crippen LogP contribution in [0.3, 0.4) is 0 Å². The fourth-order valence-electron chi connectivity index (χ4n) is 3.84. The van der Waals surface area contributed by atoms with Crippen molar-refractivity contribution >= 4 is 18.1 Å². The predicted octanol–water partition coefficient (Wildman–Crippen LogP) is 2.54. The average Bonchev–Trinajstić information content (AvgIpc) is 2.86. The van der Waals surface area contributed by atoms with E-state index in [4.69, 9.17) is 4.74 Å². The van der Waals surface area contributed by atoms with E-state index < -0.39 is 41.7 Å². The maximum atomic E-state index is 13.3. The van der Waals surface area contributed by atoms with Gasteiger partial charge in [0.05, 0.1) is 26.4 Å². The highest BCUT2D eigenvalue weighted by Gasteiger charge is 2.35. The molecular formula is C27H38N4O7. The largest absolute Gasteiger partial charge is 0.497 e. The lowest BCUT2D eigenvalue weighted by Gasteiger charge is -2.34. The Bertz CT molecular complexity index is 1040. The van der Waals surface area contributed by atoms with Gasteiger partial charge in [-0.2, -0.15) is 0 Å². The van der Waals surface area contributed by atoms with Crippen molar-refractivity contribution in [3.63, 3.8) is 0 Å². The van der Waals surface area contributed by atoms with Gasteiger partial charge in [0.15, 0.2) is 0 Å². The SMILES string of the molecule is COC(=O)N[C@H](C(=O)NN(Cc1ccc(OC)cc1)C[C@H](O)[C@H](Cc1ccccc1)NC(=O)O)C(C)(C)C. The van der Waals surface area contributed by atoms with E-state index in [2.05, 4.69) is 20.8 Å². The highest BCUT2D eigenvalue weighted by molar-refractivity contribution is 5.86. The topological polar surface area (TPSA) is 149 Å². The van der Waals surface area contributed by atoms with Crippen LogP contribution in [-0.4, -0.2) is 72.3 Å². The number of rotatable bonds is 12. The Morgan fingerprint density at radius 2 is 1.58 bits per heavy atom. The van der Waals surface area contributed by atoms with Crippen LogP contribution in [0.5, 0.6) is 5.75 Å². The number of hydrazine groups is 1. The summed E-state index contributed by atoms with van der Waals surface area (Å²) in [5.74, 6) is 0.141. The van der Waals surface area contributed by atoms with E-state index in [1.165, 1.54) is 12.1 Å². The summed E-state index contributed by atoms with van der Waals surface area (Å²) in [5, 5.41) is 26.9. The molecule has 11 nitrogen and oxygen atoms in total. The van der Waals surface area contributed by atoms with Crippen LogP contribution >= 0.6 is 0 Å². The molecule has 2 aromatic rings. The summed E-state index contributed by atoms with van der Waals surface area (Å²) in [6.07, 6.45) is -2.97. The number of carbonyl (C=O) groups is 3. The highest BCUT2D eigenvalue weighted by Crippen LogP contribution is 2.20. The van der Waals surface area contributed by atoms with Crippen molar-refractivity contribution in [3.8, 4) is 5.75 Å². The first kappa shape index (κ1) is 30.4. The first-order valence-electron chi connectivity index (χ1n) is 12.2. The first-order chi connectivity index (χ1) is 17.9. The molecule has 0 saturated carbocycles. The lowest BCUT2D eigenvalue weighted by Crippen LogP contribution is -2.59. The van der Waals surface area contributed by atoms with Gasteiger partial charge in [-0.05, 0) is 35.1 Å². The number of ether oxygens (including phenoxy) is 2. The summed E-state index contributed by atoms with van der Waals surface area (Å²) in [5.41, 5.74) is 3.77. The summed E-state index contributed by atoms with van der Waals surface area (Å²) in [6, 6.07) is 14.6. The number of hydrogen-bond acceptors (Lipinski definition) is 7. The lowest BCUT2D eigenvalue weighted by atomic mass is 9.86. The molecule has 0 spiro atoms. The summed E-state index contributed by atoms with van der Waals surface area (Å²) in [4.78, 5) is 36.7. The molecule has 0 saturated heterocycles. The fraction of sp³-hybridized carbons (Fsp3) is 0.444. The van der Waals surface area contributed by atoms with Gasteiger partial charge in [0.1, 0.15) is 11.8 Å². The number of nitrogens with one attached hydrogen (secondary N) is 3. The Hall–Kier alpha value is -3.83. The van der Waals surface area contributed by atoms with Gasteiger partial charge < -0.3 is 30.3 Å². The van der Waals surface area contributed by atoms with Crippen LogP contribution in [0, 0.1) is 5.41 Å². The molecule has 38 heavy (non-hydrogen) atoms. The summed E-state index contributed by atoms with van der Waals surface area (Å²) in [6.45, 7) is 5.46. The number of nitrogens with zero attached hydrogens (tertiary/aromatic N) is 1. The van der Waals surface area contributed by atoms with Gasteiger partial charge in [-0.25, -0.2) is 14.6 Å². The van der Waals surface area contributed by atoms with Crippen molar-refractivity contribution in [2.45, 2.75) is 51.9 Å². The van der Waals surface area contributed by atoms with E-state index in [1.807, 2.05) is 42.5 Å². The number of carboxylic acid groups (broad SMARTS) is 1. The number of aliphatic hydroxyl groups excluding tert-OH is 1. The number of methoxy groups -OCH3 is 2. The number of alkyl carbamates (subject to hydrolysis) is 1. The average molecular weight is 531 g/mol. The second-order valence-electron chi connectivity index (χ2n) is 9.95. The van der Waals surface area contributed by atoms with Crippen molar-refractivity contribution in [1.82, 2.24) is 21.1 Å². The second-order valence-corrected chi connectivity index (χ2v) is 9.95. The quantitative estimate of drug-likeness (QED) is 0.263. The highest BCUT2D eigenvalue weighted by atomic mass is 16.5. The normalized spacial score (nSPS) is 13.7. The van der Waals surface area contributed by atoms with Crippen LogP contribution < -0.4 is 20.8 Å². The molecule has 0 aliphatic rings. The van der Waals surface area contributed by atoms with E-state index in [1.54, 1.807) is 40.0 Å². The third kappa shape index (κ3) is 9.91. The van der Waals surface area contributed by atoms with Crippen LogP contribution in [0.4, 0.5) is 9.59 Å². The zero-order valence-corrected chi connectivity index (χ0v) is 22.4. The van der Waals surface area contributed by atoms with Gasteiger partial charge in [-0.3, -0.25) is 10.2 Å². The first-order valence-corrected chi connectivity index (χ1v) is 12.2. The van der Waals surface area contributed by atoms with Gasteiger partial charge in [-0.1, -0.05) is 63.2 Å². The molecule has 3 amide bonds. The zero-order valence-electron chi connectivity index (χ0n) is 22.4. The van der Waals surface area contributed by atoms with E-state index >= 15 is 0 Å². The van der Waals surface area contributed by atoms with Crippen LogP contribution in [-0.2, 0) is 22.5 Å². The Morgan fingerprint density at radius 1 is 0.947 bits per heavy atom. The molecule has 0 fully saturated rings. The predicted molar refractivity (Wildman–Crippen MR) is 141 cm³/mol. The van der Waals surface area contributed by atoms with Crippen LogP contribution in [0.2, 0.25) is 0 Å². The molecule has 208 valence electrons. The molecule has 0 aromatic heterocycles. The Morgan fingerprint density at radius 3 is 2.11 bits per heavy atom. The van der Waals surface area contributed by atoms with E-state index in [9.17, 15) is 24.6 Å². The Kier molecular flexibility index (Phi) is 11.4. The molecule has 0 radical (unpaired) electrons. The van der Waals surface area contributed by atoms with E-state index in [-0.39, 0.29) is 19.5 Å². The van der Waals surface area contributed by atoms with Gasteiger partial charge in [0.25, 0.3) is 5.91 Å². The lowest BCUT2D eigenvalue weighted by molar-refractivity contribution is -0.131. The Labute approximate surface area is 223 Å². The molecule has 2 rings (SSSR count). The standard InChI is InChI=1S/C27H38N4O7/c1-27(2,3)23(29-26(36)38-5)24(33)30-31(16-19-11-13-20(37-4)14-12-19)17-22(32)21(28-25(34)35)15-18-9-7-6-8-10-18/h6-14,21-23,28,32H,15-17H2,1-5H3,(H,29,36)(H,30,33)(H,34,35)/t21-,22-,23+/m0/s1. The third-order valence-corrected chi connectivity index (χ3v) is 5.86. The van der Waals surface area contributed by atoms with Crippen LogP contribution in [0.1, 0.15) is 31.9 Å². The van der Waals surface area contributed by atoms with Crippen molar-refractivity contribution < 1.29 is 34.1 Å². The zero-order chi connectivity index (χ0) is 28.3. The molecule has 0 unspecified atom stereocenters. The molecule has 3 atom stereocenters. The fourth-order valence-corrected chi connectivity index (χ4v) is 3.84. The van der Waals surface area contributed by atoms with Gasteiger partial charge >= 0.3 is 12.2 Å². The minimum absolute atomic E-state index is 0.107. The van der Waals surface area contributed by atoms with Crippen molar-refractivity contribution in [2.24, 2.45) is 5.41 Å². The summed E-state index contributed by atoms with van der Waals surface area (Å²) < 4.78 is 9.88. The number of amides is 3. The second kappa shape index (κ2) is 14.2. The molecule has 0 aliphatic heterocycles. The molecule has 0 aliphatic carbocycles. The molecule has 2 aromatic carbocycles. The molecule has 11 heteroatoms. The maximum absolute atomic E-state index is 13.3. The van der Waals surface area contributed by atoms with Crippen molar-refractivity contribution in [2.75, 3.05) is 20.8 Å². The van der Waals surface area contributed by atoms with Crippen molar-refractivity contribution in [1.29, 1.82) is 0 Å². The molecule has 5 N–H and O–H groups in total. The monoisotopic (exact) mass is 530 g/mol. The summed E-state index contributed by atoms with van der Waals surface area (Å²) >= 11 is 0. The minimum Gasteiger partial charge on any atom is -0.497 e. The van der Waals surface area contributed by atoms with E-state index in [0.717, 1.165) is 11.1 Å². The third-order valence-electron chi connectivity index (χ3n) is 5.86. The van der Waals surface area contributed by atoms with E-state index in [0.29, 0.717) is 5.75 Å². The van der Waals surface area contributed by atoms with Gasteiger partial charge in [0, 0.05) is 13.1 Å².